The Labute approximate surface area is 94.9 Å². The second-order valence-corrected chi connectivity index (χ2v) is 4.22. The van der Waals surface area contributed by atoms with Gasteiger partial charge in [-0.15, -0.1) is 0 Å². The van der Waals surface area contributed by atoms with Crippen molar-refractivity contribution in [2.24, 2.45) is 0 Å². The smallest absolute Gasteiger partial charge is 0.220 e. The molecule has 1 amide bonds. The molecule has 0 fully saturated rings. The largest absolute Gasteiger partial charge is 0.356 e. The van der Waals surface area contributed by atoms with Gasteiger partial charge in [-0.1, -0.05) is 0 Å². The average molecular weight is 226 g/mol. The topological polar surface area (TPSA) is 41.1 Å². The van der Waals surface area contributed by atoms with Crippen LogP contribution in [0.1, 0.15) is 18.4 Å². The van der Waals surface area contributed by atoms with Gasteiger partial charge in [-0.25, -0.2) is 0 Å². The molecule has 0 bridgehead atoms. The zero-order chi connectivity index (χ0) is 10.9. The summed E-state index contributed by atoms with van der Waals surface area (Å²) < 4.78 is 0. The molecule has 1 rings (SSSR count). The van der Waals surface area contributed by atoms with Crippen LogP contribution in [0.5, 0.6) is 0 Å². The molecule has 4 heteroatoms. The van der Waals surface area contributed by atoms with E-state index in [0.717, 1.165) is 25.9 Å². The molecule has 15 heavy (non-hydrogen) atoms. The summed E-state index contributed by atoms with van der Waals surface area (Å²) >= 11 is 1.68. The third-order valence-corrected chi connectivity index (χ3v) is 2.88. The Kier molecular flexibility index (Phi) is 6.04. The summed E-state index contributed by atoms with van der Waals surface area (Å²) in [6, 6.07) is 2.07. The van der Waals surface area contributed by atoms with Crippen LogP contribution in [0.15, 0.2) is 16.8 Å². The second kappa shape index (κ2) is 7.43. The number of hydrogen-bond donors (Lipinski definition) is 2. The zero-order valence-electron chi connectivity index (χ0n) is 9.08. The van der Waals surface area contributed by atoms with Crippen molar-refractivity contribution in [3.8, 4) is 0 Å². The fourth-order valence-electron chi connectivity index (χ4n) is 1.27. The molecule has 2 N–H and O–H groups in total. The third-order valence-electron chi connectivity index (χ3n) is 2.15. The Morgan fingerprint density at radius 2 is 2.33 bits per heavy atom. The lowest BCUT2D eigenvalue weighted by Gasteiger charge is -2.04. The van der Waals surface area contributed by atoms with Gasteiger partial charge >= 0.3 is 0 Å². The predicted molar refractivity (Wildman–Crippen MR) is 64.2 cm³/mol. The van der Waals surface area contributed by atoms with E-state index in [1.165, 1.54) is 5.56 Å². The van der Waals surface area contributed by atoms with Crippen LogP contribution in [0.25, 0.3) is 0 Å². The molecule has 1 aromatic heterocycles. The van der Waals surface area contributed by atoms with Crippen molar-refractivity contribution in [2.45, 2.75) is 19.3 Å². The summed E-state index contributed by atoms with van der Waals surface area (Å²) in [7, 11) is 1.92. The normalized spacial score (nSPS) is 10.2. The third kappa shape index (κ3) is 5.54. The fourth-order valence-corrected chi connectivity index (χ4v) is 1.98. The van der Waals surface area contributed by atoms with E-state index in [0.29, 0.717) is 6.42 Å². The standard InChI is InChI=1S/C11H18N2OS/c1-12-6-2-7-13-11(14)4-3-10-5-8-15-9-10/h5,8-9,12H,2-4,6-7H2,1H3,(H,13,14). The van der Waals surface area contributed by atoms with Gasteiger partial charge in [-0.05, 0) is 48.8 Å². The van der Waals surface area contributed by atoms with Crippen molar-refractivity contribution in [2.75, 3.05) is 20.1 Å². The minimum Gasteiger partial charge on any atom is -0.356 e. The highest BCUT2D eigenvalue weighted by atomic mass is 32.1. The number of hydrogen-bond acceptors (Lipinski definition) is 3. The molecular weight excluding hydrogens is 208 g/mol. The van der Waals surface area contributed by atoms with E-state index in [2.05, 4.69) is 22.1 Å². The summed E-state index contributed by atoms with van der Waals surface area (Å²) in [4.78, 5) is 11.4. The molecule has 0 aromatic carbocycles. The molecule has 0 aliphatic rings. The molecule has 1 heterocycles. The molecule has 0 saturated carbocycles. The van der Waals surface area contributed by atoms with Crippen molar-refractivity contribution in [3.63, 3.8) is 0 Å². The van der Waals surface area contributed by atoms with Gasteiger partial charge in [0.15, 0.2) is 0 Å². The summed E-state index contributed by atoms with van der Waals surface area (Å²) in [5.74, 6) is 0.150. The highest BCUT2D eigenvalue weighted by Gasteiger charge is 2.01. The van der Waals surface area contributed by atoms with Crippen LogP contribution < -0.4 is 10.6 Å². The van der Waals surface area contributed by atoms with Gasteiger partial charge in [0.2, 0.25) is 5.91 Å². The summed E-state index contributed by atoms with van der Waals surface area (Å²) in [5.41, 5.74) is 1.25. The molecule has 0 aliphatic carbocycles. The predicted octanol–water partition coefficient (Wildman–Crippen LogP) is 1.41. The Hall–Kier alpha value is -0.870. The molecule has 0 saturated heterocycles. The van der Waals surface area contributed by atoms with Gasteiger partial charge in [0.05, 0.1) is 0 Å². The van der Waals surface area contributed by atoms with Crippen LogP contribution in [0.3, 0.4) is 0 Å². The lowest BCUT2D eigenvalue weighted by molar-refractivity contribution is -0.121. The quantitative estimate of drug-likeness (QED) is 0.690. The van der Waals surface area contributed by atoms with Gasteiger partial charge in [0.25, 0.3) is 0 Å². The average Bonchev–Trinajstić information content (AvgIpc) is 2.74. The van der Waals surface area contributed by atoms with Gasteiger partial charge < -0.3 is 10.6 Å². The Bertz CT molecular complexity index is 272. The van der Waals surface area contributed by atoms with Gasteiger partial charge in [-0.2, -0.15) is 11.3 Å². The first kappa shape index (κ1) is 12.2. The molecule has 0 atom stereocenters. The number of carbonyl (C=O) groups excluding carboxylic acids is 1. The first-order valence-corrected chi connectivity index (χ1v) is 6.19. The van der Waals surface area contributed by atoms with Crippen LogP contribution in [0.2, 0.25) is 0 Å². The number of amides is 1. The van der Waals surface area contributed by atoms with Crippen LogP contribution in [0.4, 0.5) is 0 Å². The zero-order valence-corrected chi connectivity index (χ0v) is 9.90. The molecule has 0 radical (unpaired) electrons. The van der Waals surface area contributed by atoms with E-state index >= 15 is 0 Å². The van der Waals surface area contributed by atoms with Gasteiger partial charge in [0, 0.05) is 13.0 Å². The maximum absolute atomic E-state index is 11.4. The van der Waals surface area contributed by atoms with E-state index < -0.39 is 0 Å². The second-order valence-electron chi connectivity index (χ2n) is 3.44. The minimum atomic E-state index is 0.150. The van der Waals surface area contributed by atoms with Crippen LogP contribution in [0, 0.1) is 0 Å². The first-order valence-electron chi connectivity index (χ1n) is 5.25. The highest BCUT2D eigenvalue weighted by molar-refractivity contribution is 7.07. The summed E-state index contributed by atoms with van der Waals surface area (Å²) in [6.45, 7) is 1.72. The van der Waals surface area contributed by atoms with Crippen molar-refractivity contribution < 1.29 is 4.79 Å². The lowest BCUT2D eigenvalue weighted by Crippen LogP contribution is -2.26. The van der Waals surface area contributed by atoms with Crippen LogP contribution in [-0.2, 0) is 11.2 Å². The number of thiophene rings is 1. The number of carbonyl (C=O) groups is 1. The molecule has 0 spiro atoms. The van der Waals surface area contributed by atoms with E-state index in [1.54, 1.807) is 11.3 Å². The molecular formula is C11H18N2OS. The Balaban J connectivity index is 2.04. The van der Waals surface area contributed by atoms with Crippen LogP contribution in [-0.4, -0.2) is 26.0 Å². The number of rotatable bonds is 7. The maximum atomic E-state index is 11.4. The molecule has 1 aromatic rings. The lowest BCUT2D eigenvalue weighted by atomic mass is 10.2. The van der Waals surface area contributed by atoms with Crippen LogP contribution >= 0.6 is 11.3 Å². The summed E-state index contributed by atoms with van der Waals surface area (Å²) in [6.07, 6.45) is 2.43. The maximum Gasteiger partial charge on any atom is 0.220 e. The van der Waals surface area contributed by atoms with E-state index in [-0.39, 0.29) is 5.91 Å². The van der Waals surface area contributed by atoms with Crippen molar-refractivity contribution in [3.05, 3.63) is 22.4 Å². The minimum absolute atomic E-state index is 0.150. The number of aryl methyl sites for hydroxylation is 1. The van der Waals surface area contributed by atoms with E-state index in [1.807, 2.05) is 12.4 Å². The Morgan fingerprint density at radius 1 is 1.47 bits per heavy atom. The number of nitrogens with one attached hydrogen (secondary N) is 2. The Morgan fingerprint density at radius 3 is 3.00 bits per heavy atom. The van der Waals surface area contributed by atoms with E-state index in [4.69, 9.17) is 0 Å². The first-order chi connectivity index (χ1) is 7.33. The molecule has 0 aliphatic heterocycles. The van der Waals surface area contributed by atoms with Gasteiger partial charge in [-0.3, -0.25) is 4.79 Å². The highest BCUT2D eigenvalue weighted by Crippen LogP contribution is 2.07. The fraction of sp³-hybridized carbons (Fsp3) is 0.545. The SMILES string of the molecule is CNCCCNC(=O)CCc1ccsc1. The van der Waals surface area contributed by atoms with Crippen molar-refractivity contribution >= 4 is 17.2 Å². The van der Waals surface area contributed by atoms with Gasteiger partial charge in [0.1, 0.15) is 0 Å². The molecule has 84 valence electrons. The summed E-state index contributed by atoms with van der Waals surface area (Å²) in [5, 5.41) is 10.1. The van der Waals surface area contributed by atoms with E-state index in [9.17, 15) is 4.79 Å². The molecule has 0 unspecified atom stereocenters. The monoisotopic (exact) mass is 226 g/mol. The van der Waals surface area contributed by atoms with Crippen molar-refractivity contribution in [1.82, 2.24) is 10.6 Å². The van der Waals surface area contributed by atoms with Crippen molar-refractivity contribution in [1.29, 1.82) is 0 Å². The molecule has 3 nitrogen and oxygen atoms in total.